The molecule has 4 atom stereocenters. The predicted octanol–water partition coefficient (Wildman–Crippen LogP) is 5.87. The highest BCUT2D eigenvalue weighted by Crippen LogP contribution is 2.50. The molecule has 0 N–H and O–H groups in total. The Bertz CT molecular complexity index is 1300. The first-order valence-corrected chi connectivity index (χ1v) is 12.9. The molecule has 0 saturated carbocycles. The largest absolute Gasteiger partial charge is 0.462 e. The van der Waals surface area contributed by atoms with Gasteiger partial charge < -0.3 is 9.64 Å². The lowest BCUT2D eigenvalue weighted by Crippen LogP contribution is -2.48. The Balaban J connectivity index is 1.54. The number of ether oxygens (including phenoxy) is 1. The van der Waals surface area contributed by atoms with E-state index < -0.39 is 6.04 Å². The molecule has 0 aliphatic carbocycles. The van der Waals surface area contributed by atoms with E-state index in [-0.39, 0.29) is 42.3 Å². The van der Waals surface area contributed by atoms with E-state index in [1.807, 2.05) is 54.6 Å². The second-order valence-electron chi connectivity index (χ2n) is 9.96. The van der Waals surface area contributed by atoms with Crippen LogP contribution in [0.1, 0.15) is 64.8 Å². The first-order chi connectivity index (χ1) is 17.9. The van der Waals surface area contributed by atoms with Gasteiger partial charge in [0.1, 0.15) is 6.04 Å². The Kier molecular flexibility index (Phi) is 6.83. The van der Waals surface area contributed by atoms with Crippen LogP contribution in [0.5, 0.6) is 0 Å². The van der Waals surface area contributed by atoms with Crippen LogP contribution in [0.4, 0.5) is 4.79 Å². The second kappa shape index (κ2) is 10.2. The van der Waals surface area contributed by atoms with Crippen LogP contribution in [-0.2, 0) is 16.1 Å². The fraction of sp³-hybridized carbons (Fsp3) is 0.323. The molecule has 0 aromatic heterocycles. The molecule has 2 aliphatic rings. The van der Waals surface area contributed by atoms with Crippen LogP contribution in [0.3, 0.4) is 0 Å². The molecule has 3 amide bonds. The fourth-order valence-electron chi connectivity index (χ4n) is 5.94. The van der Waals surface area contributed by atoms with Crippen LogP contribution in [0.25, 0.3) is 0 Å². The Labute approximate surface area is 217 Å². The minimum atomic E-state index is -0.535. The smallest absolute Gasteiger partial charge is 0.338 e. The Morgan fingerprint density at radius 1 is 0.946 bits per heavy atom. The standard InChI is InChI=1S/C31H32N2O4/c1-4-37-30(35)24-16-14-23(15-17-24)28-21(3)26(25-13-9-8-10-20(25)2)18-27-29(34)32(31(36)33(27)28)19-22-11-6-5-7-12-22/h5-17,21,26-28H,4,18-19H2,1-3H3. The molecule has 4 unspecified atom stereocenters. The molecule has 190 valence electrons. The molecule has 2 fully saturated rings. The molecule has 0 spiro atoms. The van der Waals surface area contributed by atoms with Crippen molar-refractivity contribution in [2.75, 3.05) is 6.61 Å². The van der Waals surface area contributed by atoms with Gasteiger partial charge in [-0.1, -0.05) is 73.7 Å². The van der Waals surface area contributed by atoms with Gasteiger partial charge in [-0.15, -0.1) is 0 Å². The molecule has 0 bridgehead atoms. The number of rotatable bonds is 6. The minimum absolute atomic E-state index is 0.0548. The summed E-state index contributed by atoms with van der Waals surface area (Å²) in [6.07, 6.45) is 0.583. The summed E-state index contributed by atoms with van der Waals surface area (Å²) < 4.78 is 5.14. The van der Waals surface area contributed by atoms with E-state index in [9.17, 15) is 14.4 Å². The van der Waals surface area contributed by atoms with Crippen molar-refractivity contribution in [1.29, 1.82) is 0 Å². The summed E-state index contributed by atoms with van der Waals surface area (Å²) >= 11 is 0. The summed E-state index contributed by atoms with van der Waals surface area (Å²) in [5.41, 5.74) is 4.69. The summed E-state index contributed by atoms with van der Waals surface area (Å²) in [7, 11) is 0. The van der Waals surface area contributed by atoms with Crippen LogP contribution in [0.15, 0.2) is 78.9 Å². The number of urea groups is 1. The number of carbonyl (C=O) groups excluding carboxylic acids is 3. The third kappa shape index (κ3) is 4.52. The number of imide groups is 1. The monoisotopic (exact) mass is 496 g/mol. The quantitative estimate of drug-likeness (QED) is 0.316. The van der Waals surface area contributed by atoms with Crippen LogP contribution in [0, 0.1) is 12.8 Å². The summed E-state index contributed by atoms with van der Waals surface area (Å²) in [5.74, 6) is -0.361. The van der Waals surface area contributed by atoms with E-state index in [0.29, 0.717) is 18.6 Å². The third-order valence-electron chi connectivity index (χ3n) is 7.78. The van der Waals surface area contributed by atoms with Crippen LogP contribution in [0.2, 0.25) is 0 Å². The maximum atomic E-state index is 13.8. The molecule has 3 aromatic carbocycles. The molecular formula is C31H32N2O4. The summed E-state index contributed by atoms with van der Waals surface area (Å²) in [6.45, 7) is 6.60. The first kappa shape index (κ1) is 24.8. The van der Waals surface area contributed by atoms with Gasteiger partial charge in [0.25, 0.3) is 5.91 Å². The summed E-state index contributed by atoms with van der Waals surface area (Å²) in [6, 6.07) is 24.1. The van der Waals surface area contributed by atoms with Gasteiger partial charge in [0, 0.05) is 0 Å². The number of fused-ring (bicyclic) bond motifs is 1. The van der Waals surface area contributed by atoms with E-state index >= 15 is 0 Å². The number of aryl methyl sites for hydroxylation is 1. The lowest BCUT2D eigenvalue weighted by Gasteiger charge is -2.45. The highest BCUT2D eigenvalue weighted by atomic mass is 16.5. The molecule has 0 radical (unpaired) electrons. The lowest BCUT2D eigenvalue weighted by molar-refractivity contribution is -0.130. The molecular weight excluding hydrogens is 464 g/mol. The number of nitrogens with zero attached hydrogens (tertiary/aromatic N) is 2. The van der Waals surface area contributed by atoms with Crippen LogP contribution < -0.4 is 0 Å². The normalized spacial score (nSPS) is 23.2. The molecule has 3 aromatic rings. The average Bonchev–Trinajstić information content (AvgIpc) is 3.14. The number of carbonyl (C=O) groups is 3. The van der Waals surface area contributed by atoms with Gasteiger partial charge in [-0.05, 0) is 66.5 Å². The molecule has 2 saturated heterocycles. The third-order valence-corrected chi connectivity index (χ3v) is 7.78. The molecule has 2 aliphatic heterocycles. The zero-order valence-electron chi connectivity index (χ0n) is 21.5. The van der Waals surface area contributed by atoms with E-state index in [0.717, 1.165) is 11.1 Å². The van der Waals surface area contributed by atoms with Crippen molar-refractivity contribution in [1.82, 2.24) is 9.80 Å². The summed E-state index contributed by atoms with van der Waals surface area (Å²) in [5, 5.41) is 0. The molecule has 37 heavy (non-hydrogen) atoms. The number of amides is 3. The lowest BCUT2D eigenvalue weighted by atomic mass is 9.71. The first-order valence-electron chi connectivity index (χ1n) is 12.9. The molecule has 2 heterocycles. The van der Waals surface area contributed by atoms with Gasteiger partial charge in [0.15, 0.2) is 0 Å². The number of hydrogen-bond acceptors (Lipinski definition) is 4. The van der Waals surface area contributed by atoms with Gasteiger partial charge in [-0.25, -0.2) is 9.59 Å². The topological polar surface area (TPSA) is 66.9 Å². The van der Waals surface area contributed by atoms with Crippen molar-refractivity contribution in [3.8, 4) is 0 Å². The number of esters is 1. The SMILES string of the molecule is CCOC(=O)c1ccc(C2C(C)C(c3ccccc3C)CC3C(=O)N(Cc4ccccc4)C(=O)N32)cc1. The Morgan fingerprint density at radius 3 is 2.30 bits per heavy atom. The van der Waals surface area contributed by atoms with Crippen LogP contribution in [-0.4, -0.2) is 40.4 Å². The van der Waals surface area contributed by atoms with Crippen molar-refractivity contribution in [2.24, 2.45) is 5.92 Å². The van der Waals surface area contributed by atoms with Gasteiger partial charge >= 0.3 is 12.0 Å². The number of hydrogen-bond donors (Lipinski definition) is 0. The van der Waals surface area contributed by atoms with Gasteiger partial charge in [-0.3, -0.25) is 9.69 Å². The van der Waals surface area contributed by atoms with Gasteiger partial charge in [0.2, 0.25) is 0 Å². The number of piperidine rings is 1. The van der Waals surface area contributed by atoms with E-state index in [1.54, 1.807) is 24.0 Å². The van der Waals surface area contributed by atoms with Crippen molar-refractivity contribution in [3.63, 3.8) is 0 Å². The maximum Gasteiger partial charge on any atom is 0.338 e. The Hall–Kier alpha value is -3.93. The molecule has 5 rings (SSSR count). The minimum Gasteiger partial charge on any atom is -0.462 e. The van der Waals surface area contributed by atoms with E-state index in [2.05, 4.69) is 26.0 Å². The zero-order valence-corrected chi connectivity index (χ0v) is 21.5. The fourth-order valence-corrected chi connectivity index (χ4v) is 5.94. The highest BCUT2D eigenvalue weighted by Gasteiger charge is 2.54. The number of benzene rings is 3. The van der Waals surface area contributed by atoms with E-state index in [1.165, 1.54) is 16.0 Å². The molecule has 6 nitrogen and oxygen atoms in total. The van der Waals surface area contributed by atoms with Crippen molar-refractivity contribution in [3.05, 3.63) is 107 Å². The van der Waals surface area contributed by atoms with E-state index in [4.69, 9.17) is 4.74 Å². The van der Waals surface area contributed by atoms with Crippen molar-refractivity contribution < 1.29 is 19.1 Å². The molecule has 6 heteroatoms. The maximum absolute atomic E-state index is 13.8. The van der Waals surface area contributed by atoms with Gasteiger partial charge in [0.05, 0.1) is 24.8 Å². The highest BCUT2D eigenvalue weighted by molar-refractivity contribution is 6.04. The van der Waals surface area contributed by atoms with Crippen LogP contribution >= 0.6 is 0 Å². The zero-order chi connectivity index (χ0) is 26.1. The second-order valence-corrected chi connectivity index (χ2v) is 9.96. The van der Waals surface area contributed by atoms with Crippen molar-refractivity contribution >= 4 is 17.9 Å². The average molecular weight is 497 g/mol. The summed E-state index contributed by atoms with van der Waals surface area (Å²) in [4.78, 5) is 42.9. The predicted molar refractivity (Wildman–Crippen MR) is 141 cm³/mol. The Morgan fingerprint density at radius 2 is 1.62 bits per heavy atom. The van der Waals surface area contributed by atoms with Crippen molar-refractivity contribution in [2.45, 2.75) is 51.7 Å². The van der Waals surface area contributed by atoms with Gasteiger partial charge in [-0.2, -0.15) is 0 Å².